The molecule has 1 aliphatic rings. The predicted octanol–water partition coefficient (Wildman–Crippen LogP) is 4.34. The highest BCUT2D eigenvalue weighted by Gasteiger charge is 2.33. The highest BCUT2D eigenvalue weighted by Crippen LogP contribution is 2.39. The molecular formula is C22H31IN4O. The van der Waals surface area contributed by atoms with Gasteiger partial charge in [-0.25, -0.2) is 0 Å². The first-order chi connectivity index (χ1) is 12.9. The van der Waals surface area contributed by atoms with Gasteiger partial charge < -0.3 is 20.3 Å². The molecular weight excluding hydrogens is 463 g/mol. The van der Waals surface area contributed by atoms with Gasteiger partial charge in [0.25, 0.3) is 0 Å². The Hall–Kier alpha value is -1.96. The van der Waals surface area contributed by atoms with E-state index in [2.05, 4.69) is 84.9 Å². The number of fused-ring (bicyclic) bond motifs is 1. The molecule has 1 aliphatic heterocycles. The molecule has 0 aromatic heterocycles. The van der Waals surface area contributed by atoms with Gasteiger partial charge >= 0.3 is 0 Å². The summed E-state index contributed by atoms with van der Waals surface area (Å²) < 4.78 is 6.12. The molecule has 6 heteroatoms. The maximum absolute atomic E-state index is 6.12. The van der Waals surface area contributed by atoms with Crippen molar-refractivity contribution in [1.82, 2.24) is 10.6 Å². The molecule has 1 atom stereocenters. The first kappa shape index (κ1) is 22.3. The van der Waals surface area contributed by atoms with Gasteiger partial charge in [-0.2, -0.15) is 0 Å². The number of benzene rings is 2. The third-order valence-electron chi connectivity index (χ3n) is 4.80. The number of anilines is 1. The number of para-hydroxylation sites is 1. The van der Waals surface area contributed by atoms with E-state index in [1.54, 1.807) is 0 Å². The SMILES string of the molecule is CN=C(NCc1cccc(N(C)C)c1)NC1CC(C)(C)Oc2ccccc21.I. The fraction of sp³-hybridized carbons (Fsp3) is 0.409. The van der Waals surface area contributed by atoms with Crippen molar-refractivity contribution >= 4 is 35.6 Å². The van der Waals surface area contributed by atoms with Gasteiger partial charge in [-0.15, -0.1) is 24.0 Å². The lowest BCUT2D eigenvalue weighted by molar-refractivity contribution is 0.0694. The number of guanidine groups is 1. The zero-order valence-corrected chi connectivity index (χ0v) is 19.7. The van der Waals surface area contributed by atoms with Crippen LogP contribution in [0.4, 0.5) is 5.69 Å². The Morgan fingerprint density at radius 3 is 2.64 bits per heavy atom. The summed E-state index contributed by atoms with van der Waals surface area (Å²) in [6, 6.07) is 16.9. The van der Waals surface area contributed by atoms with Crippen LogP contribution in [-0.2, 0) is 6.54 Å². The summed E-state index contributed by atoms with van der Waals surface area (Å²) >= 11 is 0. The quantitative estimate of drug-likeness (QED) is 0.377. The maximum atomic E-state index is 6.12. The number of hydrogen-bond acceptors (Lipinski definition) is 3. The van der Waals surface area contributed by atoms with E-state index in [0.29, 0.717) is 0 Å². The molecule has 2 N–H and O–H groups in total. The molecule has 3 rings (SSSR count). The number of ether oxygens (including phenoxy) is 1. The fourth-order valence-electron chi connectivity index (χ4n) is 3.42. The van der Waals surface area contributed by atoms with E-state index in [9.17, 15) is 0 Å². The largest absolute Gasteiger partial charge is 0.487 e. The Morgan fingerprint density at radius 1 is 1.18 bits per heavy atom. The molecule has 28 heavy (non-hydrogen) atoms. The van der Waals surface area contributed by atoms with Gasteiger partial charge in [0.2, 0.25) is 0 Å². The molecule has 152 valence electrons. The smallest absolute Gasteiger partial charge is 0.191 e. The van der Waals surface area contributed by atoms with Crippen LogP contribution in [0.15, 0.2) is 53.5 Å². The zero-order chi connectivity index (χ0) is 19.4. The highest BCUT2D eigenvalue weighted by molar-refractivity contribution is 14.0. The van der Waals surface area contributed by atoms with Crippen molar-refractivity contribution in [3.8, 4) is 5.75 Å². The maximum Gasteiger partial charge on any atom is 0.191 e. The molecule has 1 unspecified atom stereocenters. The topological polar surface area (TPSA) is 48.9 Å². The average Bonchev–Trinajstić information content (AvgIpc) is 2.64. The first-order valence-electron chi connectivity index (χ1n) is 9.39. The summed E-state index contributed by atoms with van der Waals surface area (Å²) in [6.45, 7) is 4.97. The average molecular weight is 494 g/mol. The third kappa shape index (κ3) is 5.53. The third-order valence-corrected chi connectivity index (χ3v) is 4.80. The van der Waals surface area contributed by atoms with Crippen LogP contribution in [-0.4, -0.2) is 32.7 Å². The Bertz CT molecular complexity index is 820. The second-order valence-electron chi connectivity index (χ2n) is 7.79. The van der Waals surface area contributed by atoms with E-state index in [-0.39, 0.29) is 35.6 Å². The van der Waals surface area contributed by atoms with Crippen molar-refractivity contribution in [1.29, 1.82) is 0 Å². The summed E-state index contributed by atoms with van der Waals surface area (Å²) in [5, 5.41) is 7.01. The van der Waals surface area contributed by atoms with E-state index in [1.807, 2.05) is 19.2 Å². The lowest BCUT2D eigenvalue weighted by Gasteiger charge is -2.38. The van der Waals surface area contributed by atoms with Gasteiger partial charge in [0, 0.05) is 45.4 Å². The molecule has 0 aliphatic carbocycles. The van der Waals surface area contributed by atoms with Gasteiger partial charge in [0.05, 0.1) is 6.04 Å². The number of nitrogens with zero attached hydrogens (tertiary/aromatic N) is 2. The summed E-state index contributed by atoms with van der Waals surface area (Å²) in [4.78, 5) is 6.53. The van der Waals surface area contributed by atoms with Gasteiger partial charge in [-0.3, -0.25) is 4.99 Å². The number of nitrogens with one attached hydrogen (secondary N) is 2. The van der Waals surface area contributed by atoms with E-state index >= 15 is 0 Å². The van der Waals surface area contributed by atoms with Crippen LogP contribution >= 0.6 is 24.0 Å². The van der Waals surface area contributed by atoms with E-state index in [1.165, 1.54) is 16.8 Å². The molecule has 2 aromatic carbocycles. The van der Waals surface area contributed by atoms with E-state index < -0.39 is 0 Å². The predicted molar refractivity (Wildman–Crippen MR) is 128 cm³/mol. The molecule has 0 radical (unpaired) electrons. The first-order valence-corrected chi connectivity index (χ1v) is 9.39. The summed E-state index contributed by atoms with van der Waals surface area (Å²) in [5.41, 5.74) is 3.37. The lowest BCUT2D eigenvalue weighted by Crippen LogP contribution is -2.45. The number of hydrogen-bond donors (Lipinski definition) is 2. The van der Waals surface area contributed by atoms with Gasteiger partial charge in [0.1, 0.15) is 11.4 Å². The molecule has 0 amide bonds. The number of halogens is 1. The second-order valence-corrected chi connectivity index (χ2v) is 7.79. The van der Waals surface area contributed by atoms with Crippen LogP contribution in [0.5, 0.6) is 5.75 Å². The van der Waals surface area contributed by atoms with Crippen molar-refractivity contribution in [2.75, 3.05) is 26.0 Å². The molecule has 1 heterocycles. The Balaban J connectivity index is 0.00000280. The number of rotatable bonds is 4. The van der Waals surface area contributed by atoms with Crippen molar-refractivity contribution in [3.05, 3.63) is 59.7 Å². The van der Waals surface area contributed by atoms with Crippen LogP contribution in [0.2, 0.25) is 0 Å². The van der Waals surface area contributed by atoms with Crippen molar-refractivity contribution in [2.45, 2.75) is 38.5 Å². The molecule has 2 aromatic rings. The fourth-order valence-corrected chi connectivity index (χ4v) is 3.42. The van der Waals surface area contributed by atoms with Crippen LogP contribution in [0.25, 0.3) is 0 Å². The molecule has 0 saturated heterocycles. The molecule has 0 fully saturated rings. The molecule has 0 bridgehead atoms. The van der Waals surface area contributed by atoms with Crippen LogP contribution in [0.3, 0.4) is 0 Å². The summed E-state index contributed by atoms with van der Waals surface area (Å²) in [5.74, 6) is 1.74. The monoisotopic (exact) mass is 494 g/mol. The van der Waals surface area contributed by atoms with Gasteiger partial charge in [-0.1, -0.05) is 30.3 Å². The normalized spacial score (nSPS) is 17.6. The highest BCUT2D eigenvalue weighted by atomic mass is 127. The van der Waals surface area contributed by atoms with Crippen molar-refractivity contribution in [2.24, 2.45) is 4.99 Å². The lowest BCUT2D eigenvalue weighted by atomic mass is 9.90. The minimum absolute atomic E-state index is 0. The summed E-state index contributed by atoms with van der Waals surface area (Å²) in [7, 11) is 5.91. The minimum Gasteiger partial charge on any atom is -0.487 e. The minimum atomic E-state index is -0.217. The van der Waals surface area contributed by atoms with Crippen molar-refractivity contribution < 1.29 is 4.74 Å². The zero-order valence-electron chi connectivity index (χ0n) is 17.3. The summed E-state index contributed by atoms with van der Waals surface area (Å²) in [6.07, 6.45) is 0.876. The molecule has 0 saturated carbocycles. The number of aliphatic imine (C=N–C) groups is 1. The van der Waals surface area contributed by atoms with Crippen LogP contribution in [0, 0.1) is 0 Å². The molecule has 5 nitrogen and oxygen atoms in total. The van der Waals surface area contributed by atoms with Crippen molar-refractivity contribution in [3.63, 3.8) is 0 Å². The van der Waals surface area contributed by atoms with Crippen LogP contribution < -0.4 is 20.3 Å². The molecule has 0 spiro atoms. The Morgan fingerprint density at radius 2 is 1.93 bits per heavy atom. The Kier molecular flexibility index (Phi) is 7.57. The standard InChI is InChI=1S/C22H30N4O.HI/c1-22(2)14-19(18-11-6-7-12-20(18)27-22)25-21(23-3)24-15-16-9-8-10-17(13-16)26(4)5;/h6-13,19H,14-15H2,1-5H3,(H2,23,24,25);1H. The van der Waals surface area contributed by atoms with Gasteiger partial charge in [-0.05, 0) is 37.6 Å². The van der Waals surface area contributed by atoms with E-state index in [4.69, 9.17) is 4.74 Å². The van der Waals surface area contributed by atoms with Crippen LogP contribution in [0.1, 0.15) is 37.4 Å². The van der Waals surface area contributed by atoms with Gasteiger partial charge in [0.15, 0.2) is 5.96 Å². The Labute approximate surface area is 185 Å². The second kappa shape index (κ2) is 9.49. The van der Waals surface area contributed by atoms with E-state index in [0.717, 1.165) is 24.7 Å².